The van der Waals surface area contributed by atoms with E-state index in [1.165, 1.54) is 19.2 Å². The highest BCUT2D eigenvalue weighted by atomic mass is 35.5. The lowest BCUT2D eigenvalue weighted by Crippen LogP contribution is -2.30. The first-order valence-corrected chi connectivity index (χ1v) is 9.65. The van der Waals surface area contributed by atoms with Crippen LogP contribution in [0.2, 0.25) is 5.02 Å². The Kier molecular flexibility index (Phi) is 5.30. The Morgan fingerprint density at radius 2 is 1.90 bits per heavy atom. The van der Waals surface area contributed by atoms with Crippen LogP contribution in [0.4, 0.5) is 18.9 Å². The van der Waals surface area contributed by atoms with Crippen LogP contribution in [0, 0.1) is 0 Å². The van der Waals surface area contributed by atoms with Crippen LogP contribution in [0.3, 0.4) is 0 Å². The Balaban J connectivity index is 2.23. The molecule has 0 atom stereocenters. The molecule has 0 spiro atoms. The summed E-state index contributed by atoms with van der Waals surface area (Å²) in [5.41, 5.74) is -2.24. The fourth-order valence-corrected chi connectivity index (χ4v) is 4.50. The van der Waals surface area contributed by atoms with Gasteiger partial charge in [0.05, 0.1) is 25.5 Å². The van der Waals surface area contributed by atoms with Gasteiger partial charge in [-0.1, -0.05) is 11.6 Å². The second-order valence-corrected chi connectivity index (χ2v) is 8.05. The Morgan fingerprint density at radius 3 is 2.48 bits per heavy atom. The van der Waals surface area contributed by atoms with E-state index in [1.54, 1.807) is 0 Å². The van der Waals surface area contributed by atoms with Crippen molar-refractivity contribution in [1.82, 2.24) is 0 Å². The number of esters is 1. The number of methoxy groups -OCH3 is 2. The van der Waals surface area contributed by atoms with E-state index in [-0.39, 0.29) is 15.7 Å². The molecule has 0 aromatic heterocycles. The first-order chi connectivity index (χ1) is 13.5. The number of carbonyl (C=O) groups excluding carboxylic acids is 1. The van der Waals surface area contributed by atoms with E-state index >= 15 is 0 Å². The van der Waals surface area contributed by atoms with Crippen LogP contribution in [0.5, 0.6) is 11.5 Å². The number of halogens is 4. The van der Waals surface area contributed by atoms with Crippen molar-refractivity contribution in [3.05, 3.63) is 46.5 Å². The summed E-state index contributed by atoms with van der Waals surface area (Å²) in [5, 5.41) is 0.0732. The topological polar surface area (TPSA) is 82.1 Å². The molecule has 1 aliphatic rings. The fourth-order valence-electron chi connectivity index (χ4n) is 2.76. The fraction of sp³-hybridized carbons (Fsp3) is 0.235. The van der Waals surface area contributed by atoms with E-state index < -0.39 is 51.5 Å². The van der Waals surface area contributed by atoms with Gasteiger partial charge in [-0.2, -0.15) is 13.2 Å². The van der Waals surface area contributed by atoms with E-state index in [0.717, 1.165) is 19.2 Å². The first-order valence-electron chi connectivity index (χ1n) is 7.83. The number of alkyl halides is 3. The van der Waals surface area contributed by atoms with Crippen LogP contribution in [0.1, 0.15) is 15.9 Å². The SMILES string of the molecule is COC(=O)c1cc2c(c(C(F)(F)F)c1)OCN2S(=O)(=O)c1cc(Cl)ccc1OC. The summed E-state index contributed by atoms with van der Waals surface area (Å²) in [6.07, 6.45) is -4.90. The zero-order valence-corrected chi connectivity index (χ0v) is 16.5. The molecule has 0 saturated heterocycles. The smallest absolute Gasteiger partial charge is 0.420 e. The van der Waals surface area contributed by atoms with Gasteiger partial charge in [-0.3, -0.25) is 0 Å². The van der Waals surface area contributed by atoms with E-state index in [0.29, 0.717) is 10.4 Å². The number of sulfonamides is 1. The summed E-state index contributed by atoms with van der Waals surface area (Å²) in [5.74, 6) is -1.85. The Bertz CT molecular complexity index is 1090. The van der Waals surface area contributed by atoms with E-state index in [9.17, 15) is 26.4 Å². The molecule has 1 aliphatic heterocycles. The van der Waals surface area contributed by atoms with Crippen molar-refractivity contribution in [3.8, 4) is 11.5 Å². The maximum Gasteiger partial charge on any atom is 0.420 e. The predicted octanol–water partition coefficient (Wildman–Crippen LogP) is 3.70. The van der Waals surface area contributed by atoms with Gasteiger partial charge in [0.2, 0.25) is 0 Å². The third-order valence-electron chi connectivity index (χ3n) is 4.08. The third-order valence-corrected chi connectivity index (χ3v) is 6.08. The third kappa shape index (κ3) is 3.67. The highest BCUT2D eigenvalue weighted by Gasteiger charge is 2.43. The molecule has 3 rings (SSSR count). The second kappa shape index (κ2) is 7.30. The zero-order valence-electron chi connectivity index (χ0n) is 14.9. The van der Waals surface area contributed by atoms with Gasteiger partial charge in [-0.15, -0.1) is 0 Å². The summed E-state index contributed by atoms with van der Waals surface area (Å²) >= 11 is 5.88. The molecule has 29 heavy (non-hydrogen) atoms. The van der Waals surface area contributed by atoms with Gasteiger partial charge in [0, 0.05) is 5.02 Å². The average molecular weight is 452 g/mol. The normalized spacial score (nSPS) is 13.7. The van der Waals surface area contributed by atoms with Gasteiger partial charge in [0.25, 0.3) is 10.0 Å². The van der Waals surface area contributed by atoms with E-state index in [4.69, 9.17) is 21.1 Å². The monoisotopic (exact) mass is 451 g/mol. The summed E-state index contributed by atoms with van der Waals surface area (Å²) < 4.78 is 81.9. The highest BCUT2D eigenvalue weighted by Crippen LogP contribution is 2.47. The molecule has 2 aromatic rings. The molecule has 0 amide bonds. The van der Waals surface area contributed by atoms with Gasteiger partial charge in [0.15, 0.2) is 12.5 Å². The first kappa shape index (κ1) is 21.1. The van der Waals surface area contributed by atoms with Crippen LogP contribution in [-0.4, -0.2) is 35.3 Å². The average Bonchev–Trinajstić information content (AvgIpc) is 3.10. The number of anilines is 1. The molecular formula is C17H13ClF3NO6S. The molecule has 0 unspecified atom stereocenters. The highest BCUT2D eigenvalue weighted by molar-refractivity contribution is 7.93. The lowest BCUT2D eigenvalue weighted by atomic mass is 10.1. The molecule has 0 fully saturated rings. The number of rotatable bonds is 4. The molecule has 0 N–H and O–H groups in total. The number of hydrogen-bond donors (Lipinski definition) is 0. The standard InChI is InChI=1S/C17H13ClF3NO6S/c1-26-13-4-3-10(18)7-14(13)29(24,25)22-8-28-15-11(17(19,20)21)5-9(6-12(15)22)16(23)27-2/h3-7H,8H2,1-2H3. The minimum atomic E-state index is -4.90. The lowest BCUT2D eigenvalue weighted by Gasteiger charge is -2.19. The molecule has 156 valence electrons. The van der Waals surface area contributed by atoms with Gasteiger partial charge in [-0.25, -0.2) is 17.5 Å². The molecule has 12 heteroatoms. The van der Waals surface area contributed by atoms with Crippen molar-refractivity contribution in [3.63, 3.8) is 0 Å². The molecule has 0 radical (unpaired) electrons. The Labute approximate surface area is 168 Å². The van der Waals surface area contributed by atoms with Gasteiger partial charge >= 0.3 is 12.1 Å². The number of hydrogen-bond acceptors (Lipinski definition) is 6. The van der Waals surface area contributed by atoms with Crippen molar-refractivity contribution >= 4 is 33.3 Å². The quantitative estimate of drug-likeness (QED) is 0.659. The summed E-state index contributed by atoms with van der Waals surface area (Å²) in [7, 11) is -2.23. The number of nitrogens with zero attached hydrogens (tertiary/aromatic N) is 1. The summed E-state index contributed by atoms with van der Waals surface area (Å²) in [4.78, 5) is 11.5. The minimum Gasteiger partial charge on any atom is -0.495 e. The molecule has 7 nitrogen and oxygen atoms in total. The summed E-state index contributed by atoms with van der Waals surface area (Å²) in [6, 6.07) is 5.30. The number of benzene rings is 2. The minimum absolute atomic E-state index is 0.0667. The van der Waals surface area contributed by atoms with Crippen molar-refractivity contribution in [2.45, 2.75) is 11.1 Å². The summed E-state index contributed by atoms with van der Waals surface area (Å²) in [6.45, 7) is -0.735. The molecule has 1 heterocycles. The van der Waals surface area contributed by atoms with Crippen molar-refractivity contribution in [1.29, 1.82) is 0 Å². The van der Waals surface area contributed by atoms with Gasteiger partial charge in [-0.05, 0) is 30.3 Å². The van der Waals surface area contributed by atoms with Crippen molar-refractivity contribution in [2.75, 3.05) is 25.3 Å². The van der Waals surface area contributed by atoms with Crippen LogP contribution >= 0.6 is 11.6 Å². The number of carbonyl (C=O) groups is 1. The molecule has 0 bridgehead atoms. The lowest BCUT2D eigenvalue weighted by molar-refractivity contribution is -0.138. The van der Waals surface area contributed by atoms with E-state index in [2.05, 4.69) is 4.74 Å². The largest absolute Gasteiger partial charge is 0.495 e. The Morgan fingerprint density at radius 1 is 1.21 bits per heavy atom. The van der Waals surface area contributed by atoms with Gasteiger partial charge < -0.3 is 14.2 Å². The molecule has 0 saturated carbocycles. The number of ether oxygens (including phenoxy) is 3. The van der Waals surface area contributed by atoms with Crippen LogP contribution < -0.4 is 13.8 Å². The molecule has 2 aromatic carbocycles. The zero-order chi connectivity index (χ0) is 21.6. The van der Waals surface area contributed by atoms with E-state index in [1.807, 2.05) is 0 Å². The van der Waals surface area contributed by atoms with Crippen LogP contribution in [0.25, 0.3) is 0 Å². The van der Waals surface area contributed by atoms with Crippen molar-refractivity contribution in [2.24, 2.45) is 0 Å². The van der Waals surface area contributed by atoms with Crippen LogP contribution in [-0.2, 0) is 20.9 Å². The van der Waals surface area contributed by atoms with Gasteiger partial charge in [0.1, 0.15) is 16.2 Å². The second-order valence-electron chi connectivity index (χ2n) is 5.78. The number of fused-ring (bicyclic) bond motifs is 1. The maximum atomic E-state index is 13.5. The maximum absolute atomic E-state index is 13.5. The Hall–Kier alpha value is -2.66. The molecular weight excluding hydrogens is 439 g/mol. The predicted molar refractivity (Wildman–Crippen MR) is 95.9 cm³/mol. The van der Waals surface area contributed by atoms with Crippen molar-refractivity contribution < 1.29 is 40.6 Å². The molecule has 0 aliphatic carbocycles. The van der Waals surface area contributed by atoms with Crippen LogP contribution in [0.15, 0.2) is 35.2 Å².